The maximum Gasteiger partial charge on any atom is 0.133 e. The van der Waals surface area contributed by atoms with Crippen LogP contribution in [0.1, 0.15) is 29.2 Å². The van der Waals surface area contributed by atoms with Crippen molar-refractivity contribution in [3.8, 4) is 11.5 Å². The summed E-state index contributed by atoms with van der Waals surface area (Å²) in [4.78, 5) is 0. The van der Waals surface area contributed by atoms with Gasteiger partial charge in [0.15, 0.2) is 0 Å². The molecular formula is C17H17FO3. The van der Waals surface area contributed by atoms with Crippen molar-refractivity contribution >= 4 is 0 Å². The first-order valence-electron chi connectivity index (χ1n) is 6.96. The summed E-state index contributed by atoms with van der Waals surface area (Å²) in [6, 6.07) is 9.98. The third-order valence-corrected chi connectivity index (χ3v) is 3.75. The normalized spacial score (nSPS) is 15.0. The highest BCUT2D eigenvalue weighted by Gasteiger charge is 2.18. The second-order valence-corrected chi connectivity index (χ2v) is 5.11. The highest BCUT2D eigenvalue weighted by Crippen LogP contribution is 2.31. The smallest absolute Gasteiger partial charge is 0.133 e. The van der Waals surface area contributed by atoms with Gasteiger partial charge in [0.25, 0.3) is 0 Å². The first kappa shape index (κ1) is 13.9. The standard InChI is InChI=1S/C17H17FO3/c1-20-13-5-6-14(15(18)10-13)17(19)12-4-7-16-11(9-12)3-2-8-21-16/h4-7,9-10,17,19H,2-3,8H2,1H3. The minimum Gasteiger partial charge on any atom is -0.497 e. The van der Waals surface area contributed by atoms with Crippen molar-refractivity contribution in [2.24, 2.45) is 0 Å². The van der Waals surface area contributed by atoms with Crippen LogP contribution in [-0.4, -0.2) is 18.8 Å². The highest BCUT2D eigenvalue weighted by molar-refractivity contribution is 5.42. The zero-order valence-electron chi connectivity index (χ0n) is 11.8. The fourth-order valence-corrected chi connectivity index (χ4v) is 2.59. The maximum atomic E-state index is 14.0. The third kappa shape index (κ3) is 2.72. The summed E-state index contributed by atoms with van der Waals surface area (Å²) in [7, 11) is 1.48. The molecule has 0 radical (unpaired) electrons. The number of fused-ring (bicyclic) bond motifs is 1. The van der Waals surface area contributed by atoms with E-state index in [0.29, 0.717) is 11.3 Å². The second kappa shape index (κ2) is 5.74. The van der Waals surface area contributed by atoms with Gasteiger partial charge in [-0.1, -0.05) is 6.07 Å². The van der Waals surface area contributed by atoms with E-state index in [4.69, 9.17) is 9.47 Å². The van der Waals surface area contributed by atoms with Crippen LogP contribution in [0.25, 0.3) is 0 Å². The largest absolute Gasteiger partial charge is 0.497 e. The summed E-state index contributed by atoms with van der Waals surface area (Å²) in [5.74, 6) is 0.811. The molecule has 0 aromatic heterocycles. The molecule has 0 saturated heterocycles. The Hall–Kier alpha value is -2.07. The second-order valence-electron chi connectivity index (χ2n) is 5.11. The number of hydrogen-bond donors (Lipinski definition) is 1. The van der Waals surface area contributed by atoms with Gasteiger partial charge in [-0.25, -0.2) is 4.39 Å². The Morgan fingerprint density at radius 1 is 1.24 bits per heavy atom. The van der Waals surface area contributed by atoms with E-state index in [1.54, 1.807) is 18.2 Å². The average molecular weight is 288 g/mol. The van der Waals surface area contributed by atoms with Gasteiger partial charge in [-0.3, -0.25) is 0 Å². The van der Waals surface area contributed by atoms with E-state index in [0.717, 1.165) is 30.8 Å². The van der Waals surface area contributed by atoms with Crippen molar-refractivity contribution in [3.63, 3.8) is 0 Å². The van der Waals surface area contributed by atoms with Gasteiger partial charge in [0.05, 0.1) is 13.7 Å². The number of benzene rings is 2. The van der Waals surface area contributed by atoms with Gasteiger partial charge in [0.2, 0.25) is 0 Å². The lowest BCUT2D eigenvalue weighted by Gasteiger charge is -2.20. The Morgan fingerprint density at radius 2 is 2.10 bits per heavy atom. The molecular weight excluding hydrogens is 271 g/mol. The number of halogens is 1. The molecule has 1 unspecified atom stereocenters. The van der Waals surface area contributed by atoms with E-state index in [9.17, 15) is 9.50 Å². The Balaban J connectivity index is 1.93. The molecule has 3 rings (SSSR count). The molecule has 0 amide bonds. The summed E-state index contributed by atoms with van der Waals surface area (Å²) in [5, 5.41) is 10.4. The average Bonchev–Trinajstić information content (AvgIpc) is 2.53. The summed E-state index contributed by atoms with van der Waals surface area (Å²) in [6.45, 7) is 0.724. The molecule has 4 heteroatoms. The molecule has 0 spiro atoms. The predicted octanol–water partition coefficient (Wildman–Crippen LogP) is 3.24. The van der Waals surface area contributed by atoms with Crippen LogP contribution in [0, 0.1) is 5.82 Å². The van der Waals surface area contributed by atoms with Gasteiger partial charge in [0.1, 0.15) is 23.4 Å². The maximum absolute atomic E-state index is 14.0. The summed E-state index contributed by atoms with van der Waals surface area (Å²) in [5.41, 5.74) is 1.97. The van der Waals surface area contributed by atoms with E-state index >= 15 is 0 Å². The van der Waals surface area contributed by atoms with E-state index in [1.165, 1.54) is 13.2 Å². The van der Waals surface area contributed by atoms with E-state index in [-0.39, 0.29) is 5.56 Å². The molecule has 21 heavy (non-hydrogen) atoms. The number of aryl methyl sites for hydroxylation is 1. The Kier molecular flexibility index (Phi) is 3.80. The van der Waals surface area contributed by atoms with E-state index in [1.807, 2.05) is 12.1 Å². The highest BCUT2D eigenvalue weighted by atomic mass is 19.1. The molecule has 0 saturated carbocycles. The molecule has 2 aromatic rings. The number of hydrogen-bond acceptors (Lipinski definition) is 3. The van der Waals surface area contributed by atoms with Gasteiger partial charge in [-0.2, -0.15) is 0 Å². The fourth-order valence-electron chi connectivity index (χ4n) is 2.59. The lowest BCUT2D eigenvalue weighted by molar-refractivity contribution is 0.214. The third-order valence-electron chi connectivity index (χ3n) is 3.75. The van der Waals surface area contributed by atoms with Crippen LogP contribution in [0.15, 0.2) is 36.4 Å². The fraction of sp³-hybridized carbons (Fsp3) is 0.294. The van der Waals surface area contributed by atoms with Crippen LogP contribution in [-0.2, 0) is 6.42 Å². The number of ether oxygens (including phenoxy) is 2. The van der Waals surface area contributed by atoms with Crippen LogP contribution < -0.4 is 9.47 Å². The summed E-state index contributed by atoms with van der Waals surface area (Å²) >= 11 is 0. The van der Waals surface area contributed by atoms with Gasteiger partial charge in [-0.15, -0.1) is 0 Å². The number of aliphatic hydroxyl groups excluding tert-OH is 1. The van der Waals surface area contributed by atoms with Crippen molar-refractivity contribution < 1.29 is 19.0 Å². The van der Waals surface area contributed by atoms with Gasteiger partial charge >= 0.3 is 0 Å². The quantitative estimate of drug-likeness (QED) is 0.942. The first-order chi connectivity index (χ1) is 10.2. The topological polar surface area (TPSA) is 38.7 Å². The SMILES string of the molecule is COc1ccc(C(O)c2ccc3c(c2)CCCO3)c(F)c1. The van der Waals surface area contributed by atoms with E-state index in [2.05, 4.69) is 0 Å². The zero-order chi connectivity index (χ0) is 14.8. The summed E-state index contributed by atoms with van der Waals surface area (Å²) < 4.78 is 24.6. The minimum absolute atomic E-state index is 0.243. The first-order valence-corrected chi connectivity index (χ1v) is 6.96. The summed E-state index contributed by atoms with van der Waals surface area (Å²) in [6.07, 6.45) is 0.882. The molecule has 1 N–H and O–H groups in total. The Labute approximate surface area is 122 Å². The molecule has 1 heterocycles. The number of aliphatic hydroxyl groups is 1. The van der Waals surface area contributed by atoms with Crippen molar-refractivity contribution in [2.45, 2.75) is 18.9 Å². The monoisotopic (exact) mass is 288 g/mol. The molecule has 110 valence electrons. The molecule has 3 nitrogen and oxygen atoms in total. The van der Waals surface area contributed by atoms with Crippen LogP contribution in [0.5, 0.6) is 11.5 Å². The van der Waals surface area contributed by atoms with Crippen LogP contribution in [0.2, 0.25) is 0 Å². The van der Waals surface area contributed by atoms with Crippen LogP contribution >= 0.6 is 0 Å². The molecule has 2 aromatic carbocycles. The minimum atomic E-state index is -0.997. The molecule has 0 aliphatic carbocycles. The van der Waals surface area contributed by atoms with Crippen molar-refractivity contribution in [1.29, 1.82) is 0 Å². The van der Waals surface area contributed by atoms with Crippen LogP contribution in [0.4, 0.5) is 4.39 Å². The van der Waals surface area contributed by atoms with Crippen molar-refractivity contribution in [2.75, 3.05) is 13.7 Å². The van der Waals surface area contributed by atoms with Gasteiger partial charge < -0.3 is 14.6 Å². The van der Waals surface area contributed by atoms with Crippen LogP contribution in [0.3, 0.4) is 0 Å². The molecule has 0 fully saturated rings. The molecule has 0 bridgehead atoms. The lowest BCUT2D eigenvalue weighted by Crippen LogP contribution is -2.10. The molecule has 1 aliphatic rings. The van der Waals surface area contributed by atoms with Crippen molar-refractivity contribution in [1.82, 2.24) is 0 Å². The molecule has 1 atom stereocenters. The Morgan fingerprint density at radius 3 is 2.86 bits per heavy atom. The predicted molar refractivity (Wildman–Crippen MR) is 77.3 cm³/mol. The lowest BCUT2D eigenvalue weighted by atomic mass is 9.96. The van der Waals surface area contributed by atoms with Gasteiger partial charge in [0, 0.05) is 11.6 Å². The molecule has 1 aliphatic heterocycles. The number of methoxy groups -OCH3 is 1. The van der Waals surface area contributed by atoms with Crippen molar-refractivity contribution in [3.05, 3.63) is 58.9 Å². The van der Waals surface area contributed by atoms with Gasteiger partial charge in [-0.05, 0) is 48.2 Å². The Bertz CT molecular complexity index is 654. The number of rotatable bonds is 3. The van der Waals surface area contributed by atoms with E-state index < -0.39 is 11.9 Å². The zero-order valence-corrected chi connectivity index (χ0v) is 11.8.